The first-order valence-electron chi connectivity index (χ1n) is 7.54. The van der Waals surface area contributed by atoms with Gasteiger partial charge in [-0.05, 0) is 52.9 Å². The fourth-order valence-corrected chi connectivity index (χ4v) is 3.52. The number of rotatable bonds is 1. The van der Waals surface area contributed by atoms with Gasteiger partial charge in [0.1, 0.15) is 17.4 Å². The molecule has 5 nitrogen and oxygen atoms in total. The molecule has 0 aliphatic carbocycles. The van der Waals surface area contributed by atoms with Gasteiger partial charge in [0.05, 0.1) is 16.6 Å². The number of aliphatic imine (C=N–C) groups is 1. The van der Waals surface area contributed by atoms with Crippen LogP contribution >= 0.6 is 15.9 Å². The molecule has 2 heterocycles. The van der Waals surface area contributed by atoms with Crippen molar-refractivity contribution in [2.45, 2.75) is 32.0 Å². The van der Waals surface area contributed by atoms with Crippen LogP contribution in [0.25, 0.3) is 0 Å². The minimum Gasteiger partial charge on any atom is -0.492 e. The van der Waals surface area contributed by atoms with Crippen molar-refractivity contribution in [3.63, 3.8) is 0 Å². The number of nitrogens with one attached hydrogen (secondary N) is 2. The maximum Gasteiger partial charge on any atom is 0.214 e. The van der Waals surface area contributed by atoms with E-state index in [1.807, 2.05) is 13.0 Å². The molecule has 23 heavy (non-hydrogen) atoms. The summed E-state index contributed by atoms with van der Waals surface area (Å²) in [5.41, 5.74) is 8.45. The highest BCUT2D eigenvalue weighted by atomic mass is 79.9. The molecule has 0 saturated carbocycles. The normalized spacial score (nSPS) is 26.4. The summed E-state index contributed by atoms with van der Waals surface area (Å²) in [6, 6.07) is 1.77. The van der Waals surface area contributed by atoms with Gasteiger partial charge in [-0.2, -0.15) is 0 Å². The molecule has 2 unspecified atom stereocenters. The zero-order valence-electron chi connectivity index (χ0n) is 13.3. The molecule has 124 valence electrons. The molecule has 0 radical (unpaired) electrons. The first kappa shape index (κ1) is 16.3. The van der Waals surface area contributed by atoms with E-state index in [0.717, 1.165) is 17.7 Å². The monoisotopic (exact) mass is 382 g/mol. The van der Waals surface area contributed by atoms with Crippen LogP contribution in [0, 0.1) is 5.82 Å². The van der Waals surface area contributed by atoms with Gasteiger partial charge in [0.15, 0.2) is 0 Å². The molecular formula is C16H20BrFN4O. The van der Waals surface area contributed by atoms with E-state index in [9.17, 15) is 4.39 Å². The maximum absolute atomic E-state index is 14.9. The van der Waals surface area contributed by atoms with E-state index in [2.05, 4.69) is 38.5 Å². The molecule has 0 fully saturated rings. The first-order valence-corrected chi connectivity index (χ1v) is 8.33. The Balaban J connectivity index is 2.17. The third-order valence-electron chi connectivity index (χ3n) is 4.22. The van der Waals surface area contributed by atoms with Crippen molar-refractivity contribution >= 4 is 21.8 Å². The Hall–Kier alpha value is -1.60. The molecule has 1 aromatic rings. The van der Waals surface area contributed by atoms with E-state index in [1.165, 1.54) is 0 Å². The maximum atomic E-state index is 14.9. The highest BCUT2D eigenvalue weighted by Crippen LogP contribution is 2.43. The molecule has 3 rings (SSSR count). The molecular weight excluding hydrogens is 363 g/mol. The zero-order valence-corrected chi connectivity index (χ0v) is 14.9. The molecule has 0 bridgehead atoms. The minimum atomic E-state index is -1.37. The summed E-state index contributed by atoms with van der Waals surface area (Å²) >= 11 is 3.32. The lowest BCUT2D eigenvalue weighted by Crippen LogP contribution is -2.52. The average Bonchev–Trinajstić information content (AvgIpc) is 2.50. The Morgan fingerprint density at radius 2 is 2.30 bits per heavy atom. The fourth-order valence-electron chi connectivity index (χ4n) is 2.96. The van der Waals surface area contributed by atoms with Gasteiger partial charge in [-0.1, -0.05) is 6.92 Å². The Labute approximate surface area is 143 Å². The highest BCUT2D eigenvalue weighted by molar-refractivity contribution is 9.10. The van der Waals surface area contributed by atoms with Crippen LogP contribution in [0.4, 0.5) is 4.39 Å². The summed E-state index contributed by atoms with van der Waals surface area (Å²) in [5, 5.41) is 6.03. The van der Waals surface area contributed by atoms with Crippen molar-refractivity contribution in [2.24, 2.45) is 10.7 Å². The van der Waals surface area contributed by atoms with E-state index in [0.29, 0.717) is 28.2 Å². The smallest absolute Gasteiger partial charge is 0.214 e. The van der Waals surface area contributed by atoms with Crippen LogP contribution in [-0.2, 0) is 5.79 Å². The highest BCUT2D eigenvalue weighted by Gasteiger charge is 2.36. The van der Waals surface area contributed by atoms with Crippen molar-refractivity contribution in [1.29, 1.82) is 0 Å². The second-order valence-corrected chi connectivity index (χ2v) is 6.77. The molecule has 0 spiro atoms. The van der Waals surface area contributed by atoms with Crippen molar-refractivity contribution < 1.29 is 9.13 Å². The van der Waals surface area contributed by atoms with Crippen LogP contribution < -0.4 is 21.1 Å². The number of nitrogens with zero attached hydrogens (tertiary/aromatic N) is 1. The van der Waals surface area contributed by atoms with E-state index in [1.54, 1.807) is 13.1 Å². The van der Waals surface area contributed by atoms with Gasteiger partial charge < -0.3 is 15.4 Å². The molecule has 2 aliphatic heterocycles. The van der Waals surface area contributed by atoms with Gasteiger partial charge in [0.25, 0.3) is 0 Å². The van der Waals surface area contributed by atoms with E-state index in [-0.39, 0.29) is 5.92 Å². The van der Waals surface area contributed by atoms with Gasteiger partial charge in [-0.15, -0.1) is 0 Å². The summed E-state index contributed by atoms with van der Waals surface area (Å²) in [7, 11) is 1.75. The first-order chi connectivity index (χ1) is 10.9. The predicted molar refractivity (Wildman–Crippen MR) is 91.9 cm³/mol. The minimum absolute atomic E-state index is 0.269. The summed E-state index contributed by atoms with van der Waals surface area (Å²) in [6.45, 7) is 4.55. The standard InChI is InChI=1S/C16H20BrFN4O/c1-8-4-5-23-15-10(8)7-11(14(18)13(15)17)16(19)21-9(2)6-12(20-3)22-16/h6-8,21H,4-5,19H2,1-3H3,(H,20,22). The van der Waals surface area contributed by atoms with E-state index >= 15 is 0 Å². The topological polar surface area (TPSA) is 71.7 Å². The second-order valence-electron chi connectivity index (χ2n) is 5.97. The number of amidine groups is 1. The van der Waals surface area contributed by atoms with Crippen LogP contribution in [0.1, 0.15) is 37.3 Å². The van der Waals surface area contributed by atoms with Crippen LogP contribution in [0.15, 0.2) is 27.3 Å². The number of hydrogen-bond donors (Lipinski definition) is 3. The number of halogens is 2. The largest absolute Gasteiger partial charge is 0.492 e. The number of likely N-dealkylation sites (N-methyl/N-ethyl adjacent to an activating group) is 1. The summed E-state index contributed by atoms with van der Waals surface area (Å²) in [4.78, 5) is 4.42. The number of allylic oxidation sites excluding steroid dienone is 1. The fraction of sp³-hybridized carbons (Fsp3) is 0.438. The van der Waals surface area contributed by atoms with Gasteiger partial charge in [-0.3, -0.25) is 5.73 Å². The quantitative estimate of drug-likeness (QED) is 0.698. The van der Waals surface area contributed by atoms with Crippen LogP contribution in [0.3, 0.4) is 0 Å². The van der Waals surface area contributed by atoms with E-state index < -0.39 is 11.6 Å². The Morgan fingerprint density at radius 1 is 1.57 bits per heavy atom. The van der Waals surface area contributed by atoms with Gasteiger partial charge in [0, 0.05) is 12.7 Å². The van der Waals surface area contributed by atoms with Crippen molar-refractivity contribution in [3.05, 3.63) is 39.3 Å². The molecule has 2 aliphatic rings. The Morgan fingerprint density at radius 3 is 3.00 bits per heavy atom. The van der Waals surface area contributed by atoms with Crippen LogP contribution in [0.5, 0.6) is 5.75 Å². The lowest BCUT2D eigenvalue weighted by molar-refractivity contribution is 0.266. The summed E-state index contributed by atoms with van der Waals surface area (Å²) in [5.74, 6) is -0.390. The average molecular weight is 383 g/mol. The molecule has 0 aromatic heterocycles. The summed E-state index contributed by atoms with van der Waals surface area (Å²) < 4.78 is 20.9. The Bertz CT molecular complexity index is 719. The Kier molecular flexibility index (Phi) is 4.10. The molecule has 0 saturated heterocycles. The molecule has 2 atom stereocenters. The molecule has 0 amide bonds. The van der Waals surface area contributed by atoms with Gasteiger partial charge in [0.2, 0.25) is 5.79 Å². The number of hydrogen-bond acceptors (Lipinski definition) is 5. The van der Waals surface area contributed by atoms with Gasteiger partial charge in [-0.25, -0.2) is 9.38 Å². The molecule has 4 N–H and O–H groups in total. The third-order valence-corrected chi connectivity index (χ3v) is 4.93. The predicted octanol–water partition coefficient (Wildman–Crippen LogP) is 2.67. The van der Waals surface area contributed by atoms with Gasteiger partial charge >= 0.3 is 0 Å². The lowest BCUT2D eigenvalue weighted by Gasteiger charge is -2.34. The van der Waals surface area contributed by atoms with Crippen molar-refractivity contribution in [3.8, 4) is 5.75 Å². The SMILES string of the molecule is CNC1=NC(N)(c2cc3c(c(Br)c2F)OCCC3C)NC(C)=C1. The molecule has 1 aromatic carbocycles. The second kappa shape index (κ2) is 5.79. The van der Waals surface area contributed by atoms with Crippen LogP contribution in [0.2, 0.25) is 0 Å². The van der Waals surface area contributed by atoms with Crippen LogP contribution in [-0.4, -0.2) is 19.5 Å². The number of benzene rings is 1. The summed E-state index contributed by atoms with van der Waals surface area (Å²) in [6.07, 6.45) is 2.71. The van der Waals surface area contributed by atoms with Crippen molar-refractivity contribution in [2.75, 3.05) is 13.7 Å². The van der Waals surface area contributed by atoms with E-state index in [4.69, 9.17) is 10.5 Å². The van der Waals surface area contributed by atoms with Crippen molar-refractivity contribution in [1.82, 2.24) is 10.6 Å². The number of ether oxygens (including phenoxy) is 1. The lowest BCUT2D eigenvalue weighted by atomic mass is 9.91. The number of nitrogens with two attached hydrogens (primary N) is 1. The number of fused-ring (bicyclic) bond motifs is 1. The third kappa shape index (κ3) is 2.72. The zero-order chi connectivity index (χ0) is 16.8. The molecule has 7 heteroatoms.